The minimum atomic E-state index is -3.94. The van der Waals surface area contributed by atoms with Crippen LogP contribution in [0.4, 0.5) is 4.39 Å². The van der Waals surface area contributed by atoms with Crippen LogP contribution in [0.25, 0.3) is 0 Å². The van der Waals surface area contributed by atoms with E-state index in [4.69, 9.17) is 4.18 Å². The minimum Gasteiger partial charge on any atom is -0.379 e. The first kappa shape index (κ1) is 13.5. The zero-order chi connectivity index (χ0) is 14.0. The maximum absolute atomic E-state index is 13.0. The van der Waals surface area contributed by atoms with Gasteiger partial charge in [0, 0.05) is 6.07 Å². The monoisotopic (exact) mass is 280 g/mol. The van der Waals surface area contributed by atoms with Gasteiger partial charge in [-0.15, -0.1) is 0 Å². The van der Waals surface area contributed by atoms with Gasteiger partial charge in [-0.1, -0.05) is 23.8 Å². The molecule has 0 unspecified atom stereocenters. The van der Waals surface area contributed by atoms with Crippen LogP contribution in [0.15, 0.2) is 47.4 Å². The molecule has 0 saturated heterocycles. The van der Waals surface area contributed by atoms with Crippen LogP contribution in [0.5, 0.6) is 5.75 Å². The summed E-state index contributed by atoms with van der Waals surface area (Å²) in [7, 11) is -3.94. The molecule has 5 heteroatoms. The predicted octanol–water partition coefficient (Wildman–Crippen LogP) is 3.21. The summed E-state index contributed by atoms with van der Waals surface area (Å²) in [6, 6.07) is 9.96. The molecule has 3 nitrogen and oxygen atoms in total. The Bertz CT molecular complexity index is 708. The standard InChI is InChI=1S/C14H13FO3S/c1-10-6-7-14(11(2)8-10)19(16,17)18-13-5-3-4-12(15)9-13/h3-9H,1-2H3. The Hall–Kier alpha value is -1.88. The van der Waals surface area contributed by atoms with Crippen LogP contribution in [0, 0.1) is 19.7 Å². The van der Waals surface area contributed by atoms with Gasteiger partial charge in [0.15, 0.2) is 0 Å². The largest absolute Gasteiger partial charge is 0.379 e. The number of halogens is 1. The zero-order valence-corrected chi connectivity index (χ0v) is 11.4. The van der Waals surface area contributed by atoms with Crippen LogP contribution in [0.3, 0.4) is 0 Å². The molecular weight excluding hydrogens is 267 g/mol. The maximum Gasteiger partial charge on any atom is 0.339 e. The van der Waals surface area contributed by atoms with Gasteiger partial charge in [0.25, 0.3) is 0 Å². The van der Waals surface area contributed by atoms with E-state index in [1.54, 1.807) is 19.1 Å². The van der Waals surface area contributed by atoms with Crippen molar-refractivity contribution in [2.24, 2.45) is 0 Å². The van der Waals surface area contributed by atoms with E-state index >= 15 is 0 Å². The van der Waals surface area contributed by atoms with E-state index in [-0.39, 0.29) is 10.6 Å². The van der Waals surface area contributed by atoms with Gasteiger partial charge in [-0.25, -0.2) is 4.39 Å². The average molecular weight is 280 g/mol. The van der Waals surface area contributed by atoms with Crippen molar-refractivity contribution in [1.29, 1.82) is 0 Å². The van der Waals surface area contributed by atoms with Crippen LogP contribution in [-0.2, 0) is 10.1 Å². The molecule has 2 rings (SSSR count). The Morgan fingerprint density at radius 3 is 2.42 bits per heavy atom. The fourth-order valence-corrected chi connectivity index (χ4v) is 2.91. The number of benzene rings is 2. The van der Waals surface area contributed by atoms with Gasteiger partial charge in [0.2, 0.25) is 0 Å². The molecule has 0 fully saturated rings. The summed E-state index contributed by atoms with van der Waals surface area (Å²) >= 11 is 0. The van der Waals surface area contributed by atoms with E-state index in [2.05, 4.69) is 0 Å². The molecule has 0 saturated carbocycles. The van der Waals surface area contributed by atoms with Crippen LogP contribution < -0.4 is 4.18 Å². The smallest absolute Gasteiger partial charge is 0.339 e. The molecule has 0 aliphatic rings. The molecule has 0 N–H and O–H groups in total. The van der Waals surface area contributed by atoms with Crippen molar-refractivity contribution in [1.82, 2.24) is 0 Å². The van der Waals surface area contributed by atoms with Crippen molar-refractivity contribution in [2.75, 3.05) is 0 Å². The predicted molar refractivity (Wildman–Crippen MR) is 70.1 cm³/mol. The molecule has 100 valence electrons. The summed E-state index contributed by atoms with van der Waals surface area (Å²) in [5.74, 6) is -0.590. The van der Waals surface area contributed by atoms with Crippen molar-refractivity contribution < 1.29 is 17.0 Å². The molecule has 19 heavy (non-hydrogen) atoms. The lowest BCUT2D eigenvalue weighted by molar-refractivity contribution is 0.482. The molecule has 0 amide bonds. The molecule has 0 heterocycles. The van der Waals surface area contributed by atoms with Crippen molar-refractivity contribution in [2.45, 2.75) is 18.7 Å². The number of hydrogen-bond acceptors (Lipinski definition) is 3. The fraction of sp³-hybridized carbons (Fsp3) is 0.143. The fourth-order valence-electron chi connectivity index (χ4n) is 1.77. The number of rotatable bonds is 3. The second-order valence-corrected chi connectivity index (χ2v) is 5.78. The molecule has 0 radical (unpaired) electrons. The van der Waals surface area contributed by atoms with Crippen molar-refractivity contribution in [3.05, 3.63) is 59.4 Å². The first-order valence-corrected chi connectivity index (χ1v) is 7.06. The van der Waals surface area contributed by atoms with E-state index in [0.717, 1.165) is 11.6 Å². The first-order valence-electron chi connectivity index (χ1n) is 5.66. The van der Waals surface area contributed by atoms with Gasteiger partial charge < -0.3 is 4.18 Å². The number of aryl methyl sites for hydroxylation is 2. The third-order valence-electron chi connectivity index (χ3n) is 2.60. The summed E-state index contributed by atoms with van der Waals surface area (Å²) in [5.41, 5.74) is 1.55. The highest BCUT2D eigenvalue weighted by Crippen LogP contribution is 2.22. The molecule has 0 atom stereocenters. The van der Waals surface area contributed by atoms with Gasteiger partial charge in [-0.05, 0) is 37.6 Å². The Balaban J connectivity index is 2.38. The second kappa shape index (κ2) is 5.01. The summed E-state index contributed by atoms with van der Waals surface area (Å²) in [6.07, 6.45) is 0. The Kier molecular flexibility index (Phi) is 3.57. The third kappa shape index (κ3) is 3.12. The van der Waals surface area contributed by atoms with Gasteiger partial charge in [-0.2, -0.15) is 8.42 Å². The molecule has 0 aliphatic heterocycles. The quantitative estimate of drug-likeness (QED) is 0.811. The average Bonchev–Trinajstić information content (AvgIpc) is 2.27. The van der Waals surface area contributed by atoms with E-state index in [0.29, 0.717) is 5.56 Å². The lowest BCUT2D eigenvalue weighted by Gasteiger charge is -2.09. The number of hydrogen-bond donors (Lipinski definition) is 0. The van der Waals surface area contributed by atoms with Crippen LogP contribution in [-0.4, -0.2) is 8.42 Å². The molecular formula is C14H13FO3S. The summed E-state index contributed by atoms with van der Waals surface area (Å²) in [5, 5.41) is 0. The van der Waals surface area contributed by atoms with E-state index in [9.17, 15) is 12.8 Å². The molecule has 2 aromatic carbocycles. The van der Waals surface area contributed by atoms with Crippen LogP contribution >= 0.6 is 0 Å². The van der Waals surface area contributed by atoms with E-state index in [1.807, 2.05) is 6.92 Å². The summed E-state index contributed by atoms with van der Waals surface area (Å²) in [4.78, 5) is 0.0855. The van der Waals surface area contributed by atoms with Crippen molar-refractivity contribution in [3.63, 3.8) is 0 Å². The zero-order valence-electron chi connectivity index (χ0n) is 10.6. The maximum atomic E-state index is 13.0. The molecule has 0 aromatic heterocycles. The highest BCUT2D eigenvalue weighted by molar-refractivity contribution is 7.87. The minimum absolute atomic E-state index is 0.0417. The van der Waals surface area contributed by atoms with E-state index < -0.39 is 15.9 Å². The van der Waals surface area contributed by atoms with Crippen molar-refractivity contribution in [3.8, 4) is 5.75 Å². The van der Waals surface area contributed by atoms with Crippen molar-refractivity contribution >= 4 is 10.1 Å². The Morgan fingerprint density at radius 2 is 1.79 bits per heavy atom. The third-order valence-corrected chi connectivity index (χ3v) is 4.01. The summed E-state index contributed by atoms with van der Waals surface area (Å²) < 4.78 is 42.1. The summed E-state index contributed by atoms with van der Waals surface area (Å²) in [6.45, 7) is 3.56. The molecule has 0 bridgehead atoms. The molecule has 0 aliphatic carbocycles. The second-order valence-electron chi connectivity index (χ2n) is 4.26. The Labute approximate surface area is 111 Å². The highest BCUT2D eigenvalue weighted by Gasteiger charge is 2.19. The lowest BCUT2D eigenvalue weighted by Crippen LogP contribution is -2.11. The molecule has 0 spiro atoms. The highest BCUT2D eigenvalue weighted by atomic mass is 32.2. The van der Waals surface area contributed by atoms with Gasteiger partial charge in [0.05, 0.1) is 0 Å². The SMILES string of the molecule is Cc1ccc(S(=O)(=O)Oc2cccc(F)c2)c(C)c1. The van der Waals surface area contributed by atoms with Gasteiger partial charge in [0.1, 0.15) is 16.5 Å². The van der Waals surface area contributed by atoms with Gasteiger partial charge >= 0.3 is 10.1 Å². The first-order chi connectivity index (χ1) is 8.88. The van der Waals surface area contributed by atoms with Crippen LogP contribution in [0.1, 0.15) is 11.1 Å². The van der Waals surface area contributed by atoms with Gasteiger partial charge in [-0.3, -0.25) is 0 Å². The topological polar surface area (TPSA) is 43.4 Å². The lowest BCUT2D eigenvalue weighted by atomic mass is 10.2. The normalized spacial score (nSPS) is 11.3. The Morgan fingerprint density at radius 1 is 1.05 bits per heavy atom. The van der Waals surface area contributed by atoms with Crippen LogP contribution in [0.2, 0.25) is 0 Å². The van der Waals surface area contributed by atoms with E-state index in [1.165, 1.54) is 24.3 Å². The molecule has 2 aromatic rings.